The zero-order valence-electron chi connectivity index (χ0n) is 9.68. The van der Waals surface area contributed by atoms with Crippen molar-refractivity contribution in [2.45, 2.75) is 39.2 Å². The molecule has 0 radical (unpaired) electrons. The highest BCUT2D eigenvalue weighted by Crippen LogP contribution is 2.11. The van der Waals surface area contributed by atoms with Crippen molar-refractivity contribution in [1.82, 2.24) is 10.3 Å². The molecule has 1 rings (SSSR count). The molecule has 0 unspecified atom stereocenters. The second-order valence-electron chi connectivity index (χ2n) is 4.79. The van der Waals surface area contributed by atoms with Crippen LogP contribution >= 0.6 is 15.9 Å². The smallest absolute Gasteiger partial charge is 0.0410 e. The minimum absolute atomic E-state index is 0.218. The monoisotopic (exact) mass is 270 g/mol. The maximum Gasteiger partial charge on any atom is 0.0410 e. The summed E-state index contributed by atoms with van der Waals surface area (Å²) < 4.78 is 1.06. The quantitative estimate of drug-likeness (QED) is 0.851. The molecular weight excluding hydrogens is 252 g/mol. The van der Waals surface area contributed by atoms with Crippen LogP contribution in [0.3, 0.4) is 0 Å². The Bertz CT molecular complexity index is 305. The van der Waals surface area contributed by atoms with Crippen LogP contribution in [0.5, 0.6) is 0 Å². The topological polar surface area (TPSA) is 24.9 Å². The first kappa shape index (κ1) is 12.7. The van der Waals surface area contributed by atoms with Crippen LogP contribution in [-0.4, -0.2) is 17.1 Å². The van der Waals surface area contributed by atoms with Gasteiger partial charge in [0.1, 0.15) is 0 Å². The van der Waals surface area contributed by atoms with E-state index in [0.717, 1.165) is 23.9 Å². The molecule has 0 aromatic carbocycles. The van der Waals surface area contributed by atoms with E-state index in [9.17, 15) is 0 Å². The maximum atomic E-state index is 4.14. The van der Waals surface area contributed by atoms with E-state index >= 15 is 0 Å². The highest BCUT2D eigenvalue weighted by atomic mass is 79.9. The standard InChI is InChI=1S/C12H19BrN2/c1-12(2,3)15-6-4-5-10-7-11(13)9-14-8-10/h7-9,15H,4-6H2,1-3H3. The fraction of sp³-hybridized carbons (Fsp3) is 0.583. The molecule has 15 heavy (non-hydrogen) atoms. The Balaban J connectivity index is 2.26. The first-order valence-electron chi connectivity index (χ1n) is 5.32. The third kappa shape index (κ3) is 5.90. The highest BCUT2D eigenvalue weighted by Gasteiger charge is 2.07. The molecule has 0 aliphatic rings. The normalized spacial score (nSPS) is 11.7. The maximum absolute atomic E-state index is 4.14. The Morgan fingerprint density at radius 1 is 1.33 bits per heavy atom. The van der Waals surface area contributed by atoms with Gasteiger partial charge in [-0.25, -0.2) is 0 Å². The van der Waals surface area contributed by atoms with E-state index in [1.165, 1.54) is 5.56 Å². The molecule has 1 heterocycles. The molecular formula is C12H19BrN2. The van der Waals surface area contributed by atoms with E-state index < -0.39 is 0 Å². The van der Waals surface area contributed by atoms with Crippen molar-refractivity contribution in [2.24, 2.45) is 0 Å². The molecule has 0 fully saturated rings. The van der Waals surface area contributed by atoms with Gasteiger partial charge in [0, 0.05) is 22.4 Å². The molecule has 0 saturated heterocycles. The Labute approximate surface area is 101 Å². The Morgan fingerprint density at radius 2 is 2.07 bits per heavy atom. The van der Waals surface area contributed by atoms with E-state index in [1.807, 2.05) is 12.4 Å². The summed E-state index contributed by atoms with van der Waals surface area (Å²) in [5.74, 6) is 0. The van der Waals surface area contributed by atoms with Crippen molar-refractivity contribution < 1.29 is 0 Å². The lowest BCUT2D eigenvalue weighted by molar-refractivity contribution is 0.422. The summed E-state index contributed by atoms with van der Waals surface area (Å²) in [7, 11) is 0. The van der Waals surface area contributed by atoms with Crippen LogP contribution in [0.2, 0.25) is 0 Å². The summed E-state index contributed by atoms with van der Waals surface area (Å²) in [6, 6.07) is 2.13. The van der Waals surface area contributed by atoms with Gasteiger partial charge in [-0.2, -0.15) is 0 Å². The third-order valence-corrected chi connectivity index (χ3v) is 2.49. The van der Waals surface area contributed by atoms with Gasteiger partial charge in [0.15, 0.2) is 0 Å². The molecule has 1 aromatic rings. The van der Waals surface area contributed by atoms with Crippen LogP contribution in [0, 0.1) is 0 Å². The fourth-order valence-electron chi connectivity index (χ4n) is 1.35. The van der Waals surface area contributed by atoms with Crippen molar-refractivity contribution in [3.8, 4) is 0 Å². The number of nitrogens with one attached hydrogen (secondary N) is 1. The van der Waals surface area contributed by atoms with Crippen molar-refractivity contribution in [3.05, 3.63) is 28.5 Å². The number of rotatable bonds is 4. The highest BCUT2D eigenvalue weighted by molar-refractivity contribution is 9.10. The average molecular weight is 271 g/mol. The van der Waals surface area contributed by atoms with Crippen molar-refractivity contribution in [2.75, 3.05) is 6.54 Å². The second kappa shape index (κ2) is 5.61. The van der Waals surface area contributed by atoms with E-state index in [2.05, 4.69) is 53.1 Å². The molecule has 1 aromatic heterocycles. The number of aromatic nitrogens is 1. The largest absolute Gasteiger partial charge is 0.312 e. The minimum Gasteiger partial charge on any atom is -0.312 e. The molecule has 0 atom stereocenters. The second-order valence-corrected chi connectivity index (χ2v) is 5.71. The number of halogens is 1. The first-order chi connectivity index (χ1) is 6.97. The van der Waals surface area contributed by atoms with Gasteiger partial charge in [0.2, 0.25) is 0 Å². The number of hydrogen-bond acceptors (Lipinski definition) is 2. The van der Waals surface area contributed by atoms with Gasteiger partial charge >= 0.3 is 0 Å². The first-order valence-corrected chi connectivity index (χ1v) is 6.11. The number of hydrogen-bond donors (Lipinski definition) is 1. The van der Waals surface area contributed by atoms with Crippen molar-refractivity contribution in [1.29, 1.82) is 0 Å². The summed E-state index contributed by atoms with van der Waals surface area (Å²) in [5, 5.41) is 3.47. The molecule has 0 amide bonds. The van der Waals surface area contributed by atoms with Crippen LogP contribution in [-0.2, 0) is 6.42 Å². The van der Waals surface area contributed by atoms with E-state index in [0.29, 0.717) is 0 Å². The molecule has 3 heteroatoms. The van der Waals surface area contributed by atoms with E-state index in [-0.39, 0.29) is 5.54 Å². The number of nitrogens with zero attached hydrogens (tertiary/aromatic N) is 1. The lowest BCUT2D eigenvalue weighted by atomic mass is 10.1. The van der Waals surface area contributed by atoms with Gasteiger partial charge in [-0.3, -0.25) is 4.98 Å². The fourth-order valence-corrected chi connectivity index (χ4v) is 1.76. The van der Waals surface area contributed by atoms with Gasteiger partial charge in [0.25, 0.3) is 0 Å². The van der Waals surface area contributed by atoms with Gasteiger partial charge in [-0.15, -0.1) is 0 Å². The Kier molecular flexibility index (Phi) is 4.74. The number of aryl methyl sites for hydroxylation is 1. The summed E-state index contributed by atoms with van der Waals surface area (Å²) in [6.07, 6.45) is 5.98. The molecule has 0 aliphatic heterocycles. The lowest BCUT2D eigenvalue weighted by Crippen LogP contribution is -2.36. The van der Waals surface area contributed by atoms with Crippen molar-refractivity contribution >= 4 is 15.9 Å². The number of pyridine rings is 1. The minimum atomic E-state index is 0.218. The molecule has 1 N–H and O–H groups in total. The molecule has 0 spiro atoms. The van der Waals surface area contributed by atoms with Crippen LogP contribution < -0.4 is 5.32 Å². The predicted molar refractivity (Wildman–Crippen MR) is 68.0 cm³/mol. The van der Waals surface area contributed by atoms with Gasteiger partial charge in [-0.1, -0.05) is 0 Å². The Morgan fingerprint density at radius 3 is 2.67 bits per heavy atom. The van der Waals surface area contributed by atoms with Gasteiger partial charge in [0.05, 0.1) is 0 Å². The molecule has 0 aliphatic carbocycles. The van der Waals surface area contributed by atoms with E-state index in [4.69, 9.17) is 0 Å². The zero-order chi connectivity index (χ0) is 11.3. The van der Waals surface area contributed by atoms with Gasteiger partial charge in [-0.05, 0) is 67.7 Å². The summed E-state index contributed by atoms with van der Waals surface area (Å²) >= 11 is 3.42. The van der Waals surface area contributed by atoms with E-state index in [1.54, 1.807) is 0 Å². The zero-order valence-corrected chi connectivity index (χ0v) is 11.3. The van der Waals surface area contributed by atoms with Crippen LogP contribution in [0.25, 0.3) is 0 Å². The molecule has 0 bridgehead atoms. The predicted octanol–water partition coefficient (Wildman–Crippen LogP) is 3.16. The van der Waals surface area contributed by atoms with Crippen LogP contribution in [0.15, 0.2) is 22.9 Å². The van der Waals surface area contributed by atoms with Gasteiger partial charge < -0.3 is 5.32 Å². The third-order valence-electron chi connectivity index (χ3n) is 2.06. The molecule has 2 nitrogen and oxygen atoms in total. The SMILES string of the molecule is CC(C)(C)NCCCc1cncc(Br)c1. The average Bonchev–Trinajstić information content (AvgIpc) is 2.11. The summed E-state index contributed by atoms with van der Waals surface area (Å²) in [5.41, 5.74) is 1.51. The summed E-state index contributed by atoms with van der Waals surface area (Å²) in [4.78, 5) is 4.14. The molecule has 0 saturated carbocycles. The lowest BCUT2D eigenvalue weighted by Gasteiger charge is -2.20. The Hall–Kier alpha value is -0.410. The molecule has 84 valence electrons. The van der Waals surface area contributed by atoms with Crippen molar-refractivity contribution in [3.63, 3.8) is 0 Å². The van der Waals surface area contributed by atoms with Crippen LogP contribution in [0.1, 0.15) is 32.8 Å². The summed E-state index contributed by atoms with van der Waals surface area (Å²) in [6.45, 7) is 7.62. The van der Waals surface area contributed by atoms with Crippen LogP contribution in [0.4, 0.5) is 0 Å².